The van der Waals surface area contributed by atoms with Crippen molar-refractivity contribution in [3.63, 3.8) is 0 Å². The number of benzene rings is 2. The minimum atomic E-state index is -0.309. The summed E-state index contributed by atoms with van der Waals surface area (Å²) in [5.41, 5.74) is 2.24. The van der Waals surface area contributed by atoms with Crippen molar-refractivity contribution in [3.8, 4) is 0 Å². The SMILES string of the molecule is CC(C)(C)CC(=O)N(Cc1cccc(Cl)c1)CC1CC(c2cccc(F)c2)=NO1. The van der Waals surface area contributed by atoms with E-state index in [0.717, 1.165) is 5.56 Å². The van der Waals surface area contributed by atoms with Crippen molar-refractivity contribution >= 4 is 23.2 Å². The highest BCUT2D eigenvalue weighted by Crippen LogP contribution is 2.24. The largest absolute Gasteiger partial charge is 0.390 e. The molecule has 4 nitrogen and oxygen atoms in total. The molecular weight excluding hydrogens is 391 g/mol. The zero-order chi connectivity index (χ0) is 21.0. The quantitative estimate of drug-likeness (QED) is 0.629. The molecule has 2 aromatic rings. The summed E-state index contributed by atoms with van der Waals surface area (Å²) in [6.45, 7) is 6.98. The number of hydrogen-bond acceptors (Lipinski definition) is 3. The van der Waals surface area contributed by atoms with Gasteiger partial charge < -0.3 is 9.74 Å². The lowest BCUT2D eigenvalue weighted by Gasteiger charge is -2.28. The maximum Gasteiger partial charge on any atom is 0.223 e. The topological polar surface area (TPSA) is 41.9 Å². The van der Waals surface area contributed by atoms with E-state index in [2.05, 4.69) is 5.16 Å². The van der Waals surface area contributed by atoms with Crippen molar-refractivity contribution < 1.29 is 14.0 Å². The van der Waals surface area contributed by atoms with Crippen molar-refractivity contribution in [2.45, 2.75) is 46.3 Å². The molecule has 6 heteroatoms. The predicted molar refractivity (Wildman–Crippen MR) is 113 cm³/mol. The number of carbonyl (C=O) groups excluding carboxylic acids is 1. The first-order valence-electron chi connectivity index (χ1n) is 9.70. The Labute approximate surface area is 176 Å². The molecule has 0 saturated heterocycles. The zero-order valence-electron chi connectivity index (χ0n) is 17.0. The maximum absolute atomic E-state index is 13.5. The summed E-state index contributed by atoms with van der Waals surface area (Å²) in [6.07, 6.45) is 0.687. The van der Waals surface area contributed by atoms with Crippen LogP contribution < -0.4 is 0 Å². The van der Waals surface area contributed by atoms with E-state index in [-0.39, 0.29) is 23.2 Å². The van der Waals surface area contributed by atoms with Gasteiger partial charge in [0.2, 0.25) is 5.91 Å². The van der Waals surface area contributed by atoms with Gasteiger partial charge in [0.25, 0.3) is 0 Å². The molecular formula is C23H26ClFN2O2. The Morgan fingerprint density at radius 3 is 2.69 bits per heavy atom. The molecule has 1 heterocycles. The molecule has 3 rings (SSSR count). The van der Waals surface area contributed by atoms with Gasteiger partial charge in [0.05, 0.1) is 12.3 Å². The molecule has 0 spiro atoms. The fourth-order valence-electron chi connectivity index (χ4n) is 3.29. The monoisotopic (exact) mass is 416 g/mol. The molecule has 0 aromatic heterocycles. The highest BCUT2D eigenvalue weighted by molar-refractivity contribution is 6.30. The number of hydrogen-bond donors (Lipinski definition) is 0. The number of nitrogens with zero attached hydrogens (tertiary/aromatic N) is 2. The average Bonchev–Trinajstić information content (AvgIpc) is 3.08. The lowest BCUT2D eigenvalue weighted by molar-refractivity contribution is -0.135. The maximum atomic E-state index is 13.5. The minimum Gasteiger partial charge on any atom is -0.390 e. The van der Waals surface area contributed by atoms with Gasteiger partial charge in [-0.05, 0) is 35.2 Å². The van der Waals surface area contributed by atoms with Crippen LogP contribution in [0.3, 0.4) is 0 Å². The second kappa shape index (κ2) is 8.95. The third-order valence-corrected chi connectivity index (χ3v) is 4.85. The third kappa shape index (κ3) is 6.29. The van der Waals surface area contributed by atoms with Crippen LogP contribution in [0.5, 0.6) is 0 Å². The van der Waals surface area contributed by atoms with Crippen LogP contribution in [-0.4, -0.2) is 29.2 Å². The van der Waals surface area contributed by atoms with Crippen LogP contribution in [0.25, 0.3) is 0 Å². The highest BCUT2D eigenvalue weighted by Gasteiger charge is 2.28. The standard InChI is InChI=1S/C23H26ClFN2O2/c1-23(2,3)13-22(28)27(14-16-6-4-8-18(24)10-16)15-20-12-21(26-29-20)17-7-5-9-19(25)11-17/h4-11,20H,12-15H2,1-3H3. The van der Waals surface area contributed by atoms with Crippen molar-refractivity contribution in [3.05, 3.63) is 70.5 Å². The molecule has 2 aromatic carbocycles. The molecule has 1 aliphatic rings. The van der Waals surface area contributed by atoms with Crippen molar-refractivity contribution in [2.75, 3.05) is 6.54 Å². The Morgan fingerprint density at radius 1 is 1.24 bits per heavy atom. The summed E-state index contributed by atoms with van der Waals surface area (Å²) in [5, 5.41) is 4.77. The predicted octanol–water partition coefficient (Wildman–Crippen LogP) is 5.44. The van der Waals surface area contributed by atoms with Crippen LogP contribution in [0, 0.1) is 11.2 Å². The second-order valence-electron chi connectivity index (χ2n) is 8.62. The van der Waals surface area contributed by atoms with Gasteiger partial charge in [0.15, 0.2) is 6.10 Å². The Kier molecular flexibility index (Phi) is 6.58. The molecule has 1 aliphatic heterocycles. The molecule has 0 bridgehead atoms. The molecule has 0 aliphatic carbocycles. The first-order valence-corrected chi connectivity index (χ1v) is 10.1. The van der Waals surface area contributed by atoms with E-state index in [1.807, 2.05) is 51.1 Å². The molecule has 1 atom stereocenters. The summed E-state index contributed by atoms with van der Waals surface area (Å²) in [5.74, 6) is -0.253. The average molecular weight is 417 g/mol. The van der Waals surface area contributed by atoms with Crippen LogP contribution in [0.2, 0.25) is 5.02 Å². The molecule has 0 saturated carbocycles. The van der Waals surface area contributed by atoms with Crippen LogP contribution >= 0.6 is 11.6 Å². The number of rotatable bonds is 6. The Hall–Kier alpha value is -2.40. The Balaban J connectivity index is 1.70. The Bertz CT molecular complexity index is 908. The van der Waals surface area contributed by atoms with Crippen LogP contribution in [0.15, 0.2) is 53.7 Å². The van der Waals surface area contributed by atoms with E-state index in [9.17, 15) is 9.18 Å². The summed E-state index contributed by atoms with van der Waals surface area (Å²) < 4.78 is 13.5. The van der Waals surface area contributed by atoms with Crippen molar-refractivity contribution in [1.82, 2.24) is 4.90 Å². The lowest BCUT2D eigenvalue weighted by atomic mass is 9.91. The normalized spacial score (nSPS) is 16.3. The van der Waals surface area contributed by atoms with Crippen LogP contribution in [-0.2, 0) is 16.2 Å². The van der Waals surface area contributed by atoms with E-state index in [0.29, 0.717) is 42.2 Å². The summed E-state index contributed by atoms with van der Waals surface area (Å²) in [7, 11) is 0. The first kappa shape index (κ1) is 21.3. The molecule has 1 amide bonds. The molecule has 154 valence electrons. The number of halogens is 2. The highest BCUT2D eigenvalue weighted by atomic mass is 35.5. The molecule has 29 heavy (non-hydrogen) atoms. The summed E-state index contributed by atoms with van der Waals surface area (Å²) in [6, 6.07) is 13.8. The minimum absolute atomic E-state index is 0.0558. The molecule has 0 radical (unpaired) electrons. The number of oxime groups is 1. The second-order valence-corrected chi connectivity index (χ2v) is 9.06. The first-order chi connectivity index (χ1) is 13.7. The van der Waals surface area contributed by atoms with E-state index in [4.69, 9.17) is 16.4 Å². The van der Waals surface area contributed by atoms with E-state index < -0.39 is 0 Å². The van der Waals surface area contributed by atoms with E-state index in [1.54, 1.807) is 11.0 Å². The van der Waals surface area contributed by atoms with Gasteiger partial charge >= 0.3 is 0 Å². The number of amides is 1. The smallest absolute Gasteiger partial charge is 0.223 e. The summed E-state index contributed by atoms with van der Waals surface area (Å²) >= 11 is 6.11. The molecule has 0 fully saturated rings. The van der Waals surface area contributed by atoms with Crippen LogP contribution in [0.4, 0.5) is 4.39 Å². The van der Waals surface area contributed by atoms with Gasteiger partial charge in [-0.25, -0.2) is 4.39 Å². The van der Waals surface area contributed by atoms with Gasteiger partial charge in [-0.15, -0.1) is 0 Å². The fraction of sp³-hybridized carbons (Fsp3) is 0.391. The molecule has 0 N–H and O–H groups in total. The van der Waals surface area contributed by atoms with Crippen molar-refractivity contribution in [1.29, 1.82) is 0 Å². The molecule has 1 unspecified atom stereocenters. The van der Waals surface area contributed by atoms with Gasteiger partial charge in [0, 0.05) is 30.0 Å². The van der Waals surface area contributed by atoms with Gasteiger partial charge in [0.1, 0.15) is 5.82 Å². The Morgan fingerprint density at radius 2 is 2.00 bits per heavy atom. The third-order valence-electron chi connectivity index (χ3n) is 4.61. The lowest BCUT2D eigenvalue weighted by Crippen LogP contribution is -2.38. The van der Waals surface area contributed by atoms with Crippen LogP contribution in [0.1, 0.15) is 44.7 Å². The van der Waals surface area contributed by atoms with Gasteiger partial charge in [-0.3, -0.25) is 4.79 Å². The number of carbonyl (C=O) groups is 1. The van der Waals surface area contributed by atoms with E-state index in [1.165, 1.54) is 12.1 Å². The van der Waals surface area contributed by atoms with Crippen molar-refractivity contribution in [2.24, 2.45) is 10.6 Å². The summed E-state index contributed by atoms with van der Waals surface area (Å²) in [4.78, 5) is 20.4. The fourth-order valence-corrected chi connectivity index (χ4v) is 3.50. The van der Waals surface area contributed by atoms with E-state index >= 15 is 0 Å². The van der Waals surface area contributed by atoms with Gasteiger partial charge in [-0.2, -0.15) is 0 Å². The zero-order valence-corrected chi connectivity index (χ0v) is 17.7. The van der Waals surface area contributed by atoms with Gasteiger partial charge in [-0.1, -0.05) is 61.8 Å².